The van der Waals surface area contributed by atoms with Crippen LogP contribution in [0.25, 0.3) is 0 Å². The van der Waals surface area contributed by atoms with Gasteiger partial charge < -0.3 is 15.4 Å². The minimum atomic E-state index is -4.65. The number of aromatic nitrogens is 1. The summed E-state index contributed by atoms with van der Waals surface area (Å²) in [5.74, 6) is 0.222. The molecular formula is C22H18ClF3N4O4. The number of anilines is 2. The van der Waals surface area contributed by atoms with Crippen LogP contribution in [-0.2, 0) is 11.0 Å². The molecule has 0 aliphatic carbocycles. The first kappa shape index (κ1) is 24.8. The fourth-order valence-electron chi connectivity index (χ4n) is 2.64. The van der Waals surface area contributed by atoms with Crippen molar-refractivity contribution in [1.82, 2.24) is 10.5 Å². The molecule has 34 heavy (non-hydrogen) atoms. The number of urea groups is 1. The lowest BCUT2D eigenvalue weighted by atomic mass is 10.2. The predicted molar refractivity (Wildman–Crippen MR) is 119 cm³/mol. The van der Waals surface area contributed by atoms with Crippen LogP contribution < -0.4 is 20.9 Å². The molecule has 12 heteroatoms. The monoisotopic (exact) mass is 494 g/mol. The zero-order valence-electron chi connectivity index (χ0n) is 17.6. The van der Waals surface area contributed by atoms with Crippen molar-refractivity contribution in [2.45, 2.75) is 13.1 Å². The van der Waals surface area contributed by atoms with Crippen LogP contribution in [0.4, 0.5) is 29.3 Å². The van der Waals surface area contributed by atoms with E-state index in [4.69, 9.17) is 21.2 Å². The molecule has 0 bridgehead atoms. The van der Waals surface area contributed by atoms with Gasteiger partial charge in [0.15, 0.2) is 0 Å². The number of rotatable bonds is 7. The van der Waals surface area contributed by atoms with E-state index in [0.717, 1.165) is 12.1 Å². The molecule has 0 unspecified atom stereocenters. The van der Waals surface area contributed by atoms with Crippen molar-refractivity contribution in [1.29, 1.82) is 0 Å². The largest absolute Gasteiger partial charge is 0.457 e. The third kappa shape index (κ3) is 6.83. The SMILES string of the molecule is CCONC(=O)c1cc(Oc2ccc(NC(=O)Nc3ccc(Cl)c(C(F)(F)F)c3)cc2)ccn1. The maximum absolute atomic E-state index is 13.0. The van der Waals surface area contributed by atoms with E-state index in [2.05, 4.69) is 21.1 Å². The number of alkyl halides is 3. The van der Waals surface area contributed by atoms with Gasteiger partial charge in [0, 0.05) is 23.6 Å². The Balaban J connectivity index is 1.60. The minimum absolute atomic E-state index is 0.0731. The molecule has 3 aromatic rings. The van der Waals surface area contributed by atoms with Crippen molar-refractivity contribution < 1.29 is 32.3 Å². The van der Waals surface area contributed by atoms with Gasteiger partial charge in [0.1, 0.15) is 17.2 Å². The number of ether oxygens (including phenoxy) is 1. The molecule has 178 valence electrons. The van der Waals surface area contributed by atoms with Crippen molar-refractivity contribution in [3.63, 3.8) is 0 Å². The maximum atomic E-state index is 13.0. The molecule has 1 aromatic heterocycles. The first-order valence-corrected chi connectivity index (χ1v) is 10.1. The third-order valence-corrected chi connectivity index (χ3v) is 4.48. The van der Waals surface area contributed by atoms with Gasteiger partial charge in [-0.2, -0.15) is 13.2 Å². The van der Waals surface area contributed by atoms with Crippen LogP contribution in [0, 0.1) is 0 Å². The summed E-state index contributed by atoms with van der Waals surface area (Å²) >= 11 is 5.58. The molecule has 3 rings (SSSR count). The second-order valence-corrected chi connectivity index (χ2v) is 7.05. The second-order valence-electron chi connectivity index (χ2n) is 6.64. The van der Waals surface area contributed by atoms with Crippen molar-refractivity contribution >= 4 is 34.9 Å². The number of nitrogens with zero attached hydrogens (tertiary/aromatic N) is 1. The Bertz CT molecular complexity index is 1170. The molecule has 0 saturated heterocycles. The Labute approximate surface area is 197 Å². The molecular weight excluding hydrogens is 477 g/mol. The molecule has 0 atom stereocenters. The number of halogens is 4. The molecule has 0 fully saturated rings. The van der Waals surface area contributed by atoms with Crippen molar-refractivity contribution in [2.75, 3.05) is 17.2 Å². The molecule has 8 nitrogen and oxygen atoms in total. The van der Waals surface area contributed by atoms with Gasteiger partial charge in [-0.3, -0.25) is 14.6 Å². The summed E-state index contributed by atoms with van der Waals surface area (Å²) in [7, 11) is 0. The quantitative estimate of drug-likeness (QED) is 0.356. The number of hydrogen-bond acceptors (Lipinski definition) is 5. The summed E-state index contributed by atoms with van der Waals surface area (Å²) in [4.78, 5) is 32.8. The lowest BCUT2D eigenvalue weighted by molar-refractivity contribution is -0.137. The fourth-order valence-corrected chi connectivity index (χ4v) is 2.87. The number of hydroxylamine groups is 1. The zero-order valence-corrected chi connectivity index (χ0v) is 18.3. The summed E-state index contributed by atoms with van der Waals surface area (Å²) in [5.41, 5.74) is 1.56. The van der Waals surface area contributed by atoms with Gasteiger partial charge in [-0.15, -0.1) is 0 Å². The van der Waals surface area contributed by atoms with E-state index in [-0.39, 0.29) is 11.4 Å². The van der Waals surface area contributed by atoms with Crippen molar-refractivity contribution in [3.8, 4) is 11.5 Å². The van der Waals surface area contributed by atoms with Crippen LogP contribution in [-0.4, -0.2) is 23.5 Å². The van der Waals surface area contributed by atoms with Gasteiger partial charge in [-0.25, -0.2) is 10.3 Å². The predicted octanol–water partition coefficient (Wildman–Crippen LogP) is 5.87. The van der Waals surface area contributed by atoms with Crippen molar-refractivity contribution in [3.05, 3.63) is 77.1 Å². The summed E-state index contributed by atoms with van der Waals surface area (Å²) in [6.07, 6.45) is -3.25. The number of nitrogens with one attached hydrogen (secondary N) is 3. The maximum Gasteiger partial charge on any atom is 0.417 e. The number of benzene rings is 2. The van der Waals surface area contributed by atoms with Gasteiger partial charge >= 0.3 is 12.2 Å². The molecule has 0 spiro atoms. The smallest absolute Gasteiger partial charge is 0.417 e. The first-order chi connectivity index (χ1) is 16.2. The molecule has 0 radical (unpaired) electrons. The highest BCUT2D eigenvalue weighted by Crippen LogP contribution is 2.36. The summed E-state index contributed by atoms with van der Waals surface area (Å²) in [5, 5.41) is 4.35. The standard InChI is InChI=1S/C22H18ClF3N4O4/c1-2-33-30-20(31)19-12-16(9-10-27-19)34-15-6-3-13(4-7-15)28-21(32)29-14-5-8-18(23)17(11-14)22(24,25)26/h3-12H,2H2,1H3,(H,30,31)(H2,28,29,32). The topological polar surface area (TPSA) is 102 Å². The second kappa shape index (κ2) is 10.9. The highest BCUT2D eigenvalue weighted by molar-refractivity contribution is 6.31. The van der Waals surface area contributed by atoms with E-state index in [1.165, 1.54) is 30.5 Å². The normalized spacial score (nSPS) is 11.0. The molecule has 1 heterocycles. The zero-order chi connectivity index (χ0) is 24.7. The van der Waals surface area contributed by atoms with E-state index < -0.39 is 28.7 Å². The highest BCUT2D eigenvalue weighted by atomic mass is 35.5. The lowest BCUT2D eigenvalue weighted by Crippen LogP contribution is -2.24. The molecule has 3 amide bonds. The van der Waals surface area contributed by atoms with Crippen LogP contribution in [0.5, 0.6) is 11.5 Å². The number of carbonyl (C=O) groups is 2. The van der Waals surface area contributed by atoms with E-state index in [0.29, 0.717) is 23.8 Å². The van der Waals surface area contributed by atoms with Gasteiger partial charge in [0.05, 0.1) is 17.2 Å². The fraction of sp³-hybridized carbons (Fsp3) is 0.136. The van der Waals surface area contributed by atoms with E-state index in [1.54, 1.807) is 25.1 Å². The van der Waals surface area contributed by atoms with Crippen LogP contribution in [0.15, 0.2) is 60.8 Å². The number of carbonyl (C=O) groups excluding carboxylic acids is 2. The summed E-state index contributed by atoms with van der Waals surface area (Å²) in [6.45, 7) is 2.02. The highest BCUT2D eigenvalue weighted by Gasteiger charge is 2.33. The molecule has 0 aliphatic heterocycles. The third-order valence-electron chi connectivity index (χ3n) is 4.15. The summed E-state index contributed by atoms with van der Waals surface area (Å²) in [6, 6.07) is 11.5. The van der Waals surface area contributed by atoms with E-state index in [9.17, 15) is 22.8 Å². The average Bonchev–Trinajstić information content (AvgIpc) is 2.79. The molecule has 0 aliphatic rings. The van der Waals surface area contributed by atoms with Crippen LogP contribution in [0.1, 0.15) is 23.0 Å². The molecule has 0 saturated carbocycles. The van der Waals surface area contributed by atoms with Gasteiger partial charge in [-0.05, 0) is 55.5 Å². The van der Waals surface area contributed by atoms with E-state index in [1.807, 2.05) is 0 Å². The van der Waals surface area contributed by atoms with Crippen LogP contribution in [0.2, 0.25) is 5.02 Å². The molecule has 2 aromatic carbocycles. The summed E-state index contributed by atoms with van der Waals surface area (Å²) < 4.78 is 44.6. The Morgan fingerprint density at radius 1 is 0.971 bits per heavy atom. The first-order valence-electron chi connectivity index (χ1n) is 9.76. The Kier molecular flexibility index (Phi) is 7.92. The Morgan fingerprint density at radius 3 is 2.32 bits per heavy atom. The van der Waals surface area contributed by atoms with Gasteiger partial charge in [-0.1, -0.05) is 11.6 Å². The van der Waals surface area contributed by atoms with E-state index >= 15 is 0 Å². The minimum Gasteiger partial charge on any atom is -0.457 e. The van der Waals surface area contributed by atoms with Crippen molar-refractivity contribution in [2.24, 2.45) is 0 Å². The number of hydrogen-bond donors (Lipinski definition) is 3. The van der Waals surface area contributed by atoms with Crippen LogP contribution >= 0.6 is 11.6 Å². The van der Waals surface area contributed by atoms with Gasteiger partial charge in [0.2, 0.25) is 0 Å². The molecule has 3 N–H and O–H groups in total. The Morgan fingerprint density at radius 2 is 1.65 bits per heavy atom. The number of amides is 3. The lowest BCUT2D eigenvalue weighted by Gasteiger charge is -2.12. The van der Waals surface area contributed by atoms with Gasteiger partial charge in [0.25, 0.3) is 5.91 Å². The van der Waals surface area contributed by atoms with Crippen LogP contribution in [0.3, 0.4) is 0 Å². The average molecular weight is 495 g/mol. The Hall–Kier alpha value is -3.83. The number of pyridine rings is 1.